The minimum atomic E-state index is -4.22. The van der Waals surface area contributed by atoms with Crippen molar-refractivity contribution >= 4 is 13.4 Å². The van der Waals surface area contributed by atoms with Gasteiger partial charge in [-0.2, -0.15) is 0 Å². The molecule has 0 heterocycles. The van der Waals surface area contributed by atoms with Gasteiger partial charge in [0.15, 0.2) is 0 Å². The Balaban J connectivity index is 3.93. The number of unbranched alkanes of at least 4 members (excludes halogenated alkanes) is 1. The standard InChI is InChI=1S/C7H11O4P/c1-2-3-4-5-7(8)6-12(9,10)11/h2-3,6H2,1H3,(H2,9,10,11). The van der Waals surface area contributed by atoms with E-state index in [-0.39, 0.29) is 0 Å². The lowest BCUT2D eigenvalue weighted by Crippen LogP contribution is -2.01. The highest BCUT2D eigenvalue weighted by atomic mass is 31.2. The zero-order valence-corrected chi connectivity index (χ0v) is 7.67. The molecule has 5 heteroatoms. The first-order valence-electron chi connectivity index (χ1n) is 3.52. The van der Waals surface area contributed by atoms with Crippen LogP contribution in [0.3, 0.4) is 0 Å². The van der Waals surface area contributed by atoms with Crippen LogP contribution in [0.5, 0.6) is 0 Å². The van der Waals surface area contributed by atoms with E-state index in [0.717, 1.165) is 6.42 Å². The van der Waals surface area contributed by atoms with Crippen molar-refractivity contribution in [3.8, 4) is 11.8 Å². The maximum Gasteiger partial charge on any atom is 0.333 e. The average molecular weight is 190 g/mol. The van der Waals surface area contributed by atoms with Crippen LogP contribution < -0.4 is 0 Å². The predicted octanol–water partition coefficient (Wildman–Crippen LogP) is 0.537. The largest absolute Gasteiger partial charge is 0.333 e. The summed E-state index contributed by atoms with van der Waals surface area (Å²) in [6.45, 7) is 1.90. The summed E-state index contributed by atoms with van der Waals surface area (Å²) < 4.78 is 10.3. The molecule has 0 fully saturated rings. The van der Waals surface area contributed by atoms with Crippen molar-refractivity contribution in [2.45, 2.75) is 19.8 Å². The smallest absolute Gasteiger partial charge is 0.324 e. The van der Waals surface area contributed by atoms with Crippen molar-refractivity contribution in [1.82, 2.24) is 0 Å². The maximum absolute atomic E-state index is 10.7. The summed E-state index contributed by atoms with van der Waals surface area (Å²) >= 11 is 0. The van der Waals surface area contributed by atoms with Gasteiger partial charge in [0.2, 0.25) is 5.78 Å². The number of carbonyl (C=O) groups is 1. The van der Waals surface area contributed by atoms with E-state index in [2.05, 4.69) is 11.8 Å². The van der Waals surface area contributed by atoms with Crippen LogP contribution in [0.2, 0.25) is 0 Å². The first kappa shape index (κ1) is 11.4. The van der Waals surface area contributed by atoms with Gasteiger partial charge in [-0.15, -0.1) is 0 Å². The second-order valence-corrected chi connectivity index (χ2v) is 3.94. The SMILES string of the molecule is CCCC#CC(=O)CP(=O)(O)O. The minimum Gasteiger partial charge on any atom is -0.324 e. The molecule has 0 atom stereocenters. The van der Waals surface area contributed by atoms with E-state index >= 15 is 0 Å². The first-order chi connectivity index (χ1) is 5.45. The van der Waals surface area contributed by atoms with Crippen molar-refractivity contribution in [2.75, 3.05) is 6.16 Å². The first-order valence-corrected chi connectivity index (χ1v) is 5.31. The second-order valence-electron chi connectivity index (χ2n) is 2.30. The average Bonchev–Trinajstić information content (AvgIpc) is 1.84. The fraction of sp³-hybridized carbons (Fsp3) is 0.571. The fourth-order valence-electron chi connectivity index (χ4n) is 0.513. The molecule has 0 aliphatic rings. The van der Waals surface area contributed by atoms with Gasteiger partial charge in [-0.3, -0.25) is 9.36 Å². The summed E-state index contributed by atoms with van der Waals surface area (Å²) in [5.74, 6) is 3.98. The second kappa shape index (κ2) is 5.10. The van der Waals surface area contributed by atoms with Crippen LogP contribution in [-0.2, 0) is 9.36 Å². The van der Waals surface area contributed by atoms with Crippen LogP contribution >= 0.6 is 7.60 Å². The number of ketones is 1. The van der Waals surface area contributed by atoms with E-state index in [1.165, 1.54) is 0 Å². The number of carbonyl (C=O) groups excluding carboxylic acids is 1. The molecule has 0 aliphatic carbocycles. The molecule has 12 heavy (non-hydrogen) atoms. The third-order valence-electron chi connectivity index (χ3n) is 0.952. The Labute approximate surface area is 71.1 Å². The van der Waals surface area contributed by atoms with Crippen LogP contribution in [0.1, 0.15) is 19.8 Å². The van der Waals surface area contributed by atoms with E-state index in [1.807, 2.05) is 6.92 Å². The van der Waals surface area contributed by atoms with Gasteiger partial charge in [0.25, 0.3) is 0 Å². The molecule has 0 unspecified atom stereocenters. The summed E-state index contributed by atoms with van der Waals surface area (Å²) in [6, 6.07) is 0. The Hall–Kier alpha value is -0.620. The minimum absolute atomic E-state index is 0.576. The zero-order chi connectivity index (χ0) is 9.61. The van der Waals surface area contributed by atoms with Crippen molar-refractivity contribution in [3.63, 3.8) is 0 Å². The Bertz CT molecular complexity index is 254. The molecular formula is C7H11O4P. The summed E-state index contributed by atoms with van der Waals surface area (Å²) in [5.41, 5.74) is 0. The maximum atomic E-state index is 10.7. The lowest BCUT2D eigenvalue weighted by molar-refractivity contribution is -0.111. The highest BCUT2D eigenvalue weighted by molar-refractivity contribution is 7.52. The van der Waals surface area contributed by atoms with Crippen LogP contribution in [0, 0.1) is 11.8 Å². The van der Waals surface area contributed by atoms with Crippen molar-refractivity contribution < 1.29 is 19.1 Å². The molecule has 0 saturated carbocycles. The van der Waals surface area contributed by atoms with E-state index < -0.39 is 19.5 Å². The van der Waals surface area contributed by atoms with Gasteiger partial charge in [-0.05, 0) is 12.3 Å². The summed E-state index contributed by atoms with van der Waals surface area (Å²) in [5, 5.41) is 0. The van der Waals surface area contributed by atoms with Crippen molar-refractivity contribution in [1.29, 1.82) is 0 Å². The van der Waals surface area contributed by atoms with Crippen LogP contribution in [0.15, 0.2) is 0 Å². The molecule has 0 radical (unpaired) electrons. The lowest BCUT2D eigenvalue weighted by Gasteiger charge is -1.96. The third kappa shape index (κ3) is 7.49. The highest BCUT2D eigenvalue weighted by Crippen LogP contribution is 2.33. The normalized spacial score (nSPS) is 10.2. The predicted molar refractivity (Wildman–Crippen MR) is 44.6 cm³/mol. The molecule has 0 saturated heterocycles. The molecular weight excluding hydrogens is 179 g/mol. The van der Waals surface area contributed by atoms with Crippen molar-refractivity contribution in [2.24, 2.45) is 0 Å². The fourth-order valence-corrected chi connectivity index (χ4v) is 0.966. The Morgan fingerprint density at radius 3 is 2.50 bits per heavy atom. The van der Waals surface area contributed by atoms with Gasteiger partial charge in [0, 0.05) is 6.42 Å². The molecule has 0 aliphatic heterocycles. The lowest BCUT2D eigenvalue weighted by atomic mass is 10.3. The summed E-state index contributed by atoms with van der Waals surface area (Å²) in [6.07, 6.45) is 0.632. The molecule has 0 spiro atoms. The summed E-state index contributed by atoms with van der Waals surface area (Å²) in [4.78, 5) is 27.4. The summed E-state index contributed by atoms with van der Waals surface area (Å²) in [7, 11) is -4.22. The van der Waals surface area contributed by atoms with Crippen LogP contribution in [0.4, 0.5) is 0 Å². The molecule has 0 bridgehead atoms. The molecule has 0 aromatic heterocycles. The topological polar surface area (TPSA) is 74.6 Å². The molecule has 4 nitrogen and oxygen atoms in total. The molecule has 2 N–H and O–H groups in total. The monoisotopic (exact) mass is 190 g/mol. The molecule has 0 amide bonds. The van der Waals surface area contributed by atoms with E-state index in [1.54, 1.807) is 0 Å². The Kier molecular flexibility index (Phi) is 4.84. The molecule has 0 rings (SSSR count). The van der Waals surface area contributed by atoms with Crippen LogP contribution in [0.25, 0.3) is 0 Å². The van der Waals surface area contributed by atoms with Gasteiger partial charge in [-0.1, -0.05) is 12.8 Å². The molecule has 0 aromatic carbocycles. The zero-order valence-electron chi connectivity index (χ0n) is 6.78. The van der Waals surface area contributed by atoms with Crippen molar-refractivity contribution in [3.05, 3.63) is 0 Å². The van der Waals surface area contributed by atoms with Crippen LogP contribution in [-0.4, -0.2) is 21.7 Å². The van der Waals surface area contributed by atoms with Gasteiger partial charge in [-0.25, -0.2) is 0 Å². The Morgan fingerprint density at radius 1 is 1.50 bits per heavy atom. The highest BCUT2D eigenvalue weighted by Gasteiger charge is 2.16. The quantitative estimate of drug-likeness (QED) is 0.387. The van der Waals surface area contributed by atoms with E-state index in [4.69, 9.17) is 9.79 Å². The van der Waals surface area contributed by atoms with Gasteiger partial charge in [0.05, 0.1) is 0 Å². The third-order valence-corrected chi connectivity index (χ3v) is 1.65. The Morgan fingerprint density at radius 2 is 2.08 bits per heavy atom. The number of hydrogen-bond acceptors (Lipinski definition) is 2. The molecule has 68 valence electrons. The van der Waals surface area contributed by atoms with Gasteiger partial charge in [0.1, 0.15) is 6.16 Å². The molecule has 0 aromatic rings. The van der Waals surface area contributed by atoms with Gasteiger partial charge >= 0.3 is 7.60 Å². The number of hydrogen-bond donors (Lipinski definition) is 2. The van der Waals surface area contributed by atoms with Gasteiger partial charge < -0.3 is 9.79 Å². The number of rotatable bonds is 3. The van der Waals surface area contributed by atoms with E-state index in [0.29, 0.717) is 6.42 Å². The number of Topliss-reactive ketones (excluding diaryl/α,β-unsaturated/α-hetero) is 1. The van der Waals surface area contributed by atoms with E-state index in [9.17, 15) is 9.36 Å².